The second-order valence-corrected chi connectivity index (χ2v) is 9.24. The Kier molecular flexibility index (Phi) is 7.44. The number of halogens is 2. The number of amides is 1. The number of carbonyl (C=O) groups excluding carboxylic acids is 1. The van der Waals surface area contributed by atoms with Gasteiger partial charge in [0.2, 0.25) is 15.9 Å². The SMILES string of the molecule is O=C(CN(Cc1ccc(Cl)cc1)S(=O)(=O)c1cccnc1)NCc1ccccc1Cl. The van der Waals surface area contributed by atoms with Crippen LogP contribution in [0.25, 0.3) is 0 Å². The van der Waals surface area contributed by atoms with Crippen LogP contribution in [-0.4, -0.2) is 30.2 Å². The van der Waals surface area contributed by atoms with Gasteiger partial charge >= 0.3 is 0 Å². The van der Waals surface area contributed by atoms with Crippen LogP contribution >= 0.6 is 23.2 Å². The molecule has 0 saturated heterocycles. The summed E-state index contributed by atoms with van der Waals surface area (Å²) in [5, 5.41) is 3.79. The van der Waals surface area contributed by atoms with Crippen LogP contribution < -0.4 is 5.32 Å². The first-order valence-corrected chi connectivity index (χ1v) is 11.2. The maximum atomic E-state index is 13.1. The van der Waals surface area contributed by atoms with Crippen LogP contribution in [0.3, 0.4) is 0 Å². The Balaban J connectivity index is 1.79. The lowest BCUT2D eigenvalue weighted by Gasteiger charge is -2.22. The van der Waals surface area contributed by atoms with Crippen LogP contribution in [0.15, 0.2) is 78.0 Å². The van der Waals surface area contributed by atoms with Gasteiger partial charge in [-0.3, -0.25) is 9.78 Å². The number of hydrogen-bond acceptors (Lipinski definition) is 4. The fourth-order valence-corrected chi connectivity index (χ4v) is 4.40. The van der Waals surface area contributed by atoms with Crippen LogP contribution in [0, 0.1) is 0 Å². The zero-order chi connectivity index (χ0) is 21.6. The number of sulfonamides is 1. The summed E-state index contributed by atoms with van der Waals surface area (Å²) in [5.41, 5.74) is 1.44. The number of nitrogens with one attached hydrogen (secondary N) is 1. The first-order valence-electron chi connectivity index (χ1n) is 9.01. The van der Waals surface area contributed by atoms with Crippen molar-refractivity contribution in [1.29, 1.82) is 0 Å². The van der Waals surface area contributed by atoms with Gasteiger partial charge < -0.3 is 5.32 Å². The molecule has 156 valence electrons. The lowest BCUT2D eigenvalue weighted by molar-refractivity contribution is -0.121. The summed E-state index contributed by atoms with van der Waals surface area (Å²) < 4.78 is 27.4. The van der Waals surface area contributed by atoms with E-state index < -0.39 is 15.9 Å². The minimum Gasteiger partial charge on any atom is -0.351 e. The molecular weight excluding hydrogens is 445 g/mol. The molecule has 0 saturated carbocycles. The Morgan fingerprint density at radius 1 is 1.00 bits per heavy atom. The molecule has 0 radical (unpaired) electrons. The molecule has 1 N–H and O–H groups in total. The van der Waals surface area contributed by atoms with Crippen molar-refractivity contribution in [3.05, 3.63) is 94.2 Å². The maximum absolute atomic E-state index is 13.1. The predicted octanol–water partition coefficient (Wildman–Crippen LogP) is 3.90. The van der Waals surface area contributed by atoms with Crippen molar-refractivity contribution >= 4 is 39.1 Å². The highest BCUT2D eigenvalue weighted by Crippen LogP contribution is 2.19. The molecule has 0 spiro atoms. The summed E-state index contributed by atoms with van der Waals surface area (Å²) >= 11 is 12.0. The molecule has 1 heterocycles. The van der Waals surface area contributed by atoms with Gasteiger partial charge in [-0.1, -0.05) is 53.5 Å². The summed E-state index contributed by atoms with van der Waals surface area (Å²) in [4.78, 5) is 16.5. The normalized spacial score (nSPS) is 11.4. The molecule has 0 fully saturated rings. The third kappa shape index (κ3) is 5.79. The van der Waals surface area contributed by atoms with Crippen molar-refractivity contribution in [3.8, 4) is 0 Å². The molecule has 2 aromatic carbocycles. The third-order valence-corrected chi connectivity index (χ3v) is 6.69. The van der Waals surface area contributed by atoms with Gasteiger partial charge in [0.25, 0.3) is 0 Å². The Hall–Kier alpha value is -2.45. The highest BCUT2D eigenvalue weighted by Gasteiger charge is 2.27. The molecule has 3 rings (SSSR count). The maximum Gasteiger partial charge on any atom is 0.245 e. The lowest BCUT2D eigenvalue weighted by Crippen LogP contribution is -2.40. The number of carbonyl (C=O) groups is 1. The molecule has 0 aliphatic rings. The highest BCUT2D eigenvalue weighted by molar-refractivity contribution is 7.89. The third-order valence-electron chi connectivity index (χ3n) is 4.30. The van der Waals surface area contributed by atoms with Gasteiger partial charge in [0, 0.05) is 35.5 Å². The first kappa shape index (κ1) is 22.2. The molecule has 1 aromatic heterocycles. The van der Waals surface area contributed by atoms with Crippen molar-refractivity contribution in [2.75, 3.05) is 6.54 Å². The fourth-order valence-electron chi connectivity index (χ4n) is 2.72. The summed E-state index contributed by atoms with van der Waals surface area (Å²) in [6.07, 6.45) is 2.74. The molecule has 3 aromatic rings. The molecule has 0 aliphatic carbocycles. The Morgan fingerprint density at radius 2 is 1.73 bits per heavy atom. The summed E-state index contributed by atoms with van der Waals surface area (Å²) in [5.74, 6) is -0.448. The van der Waals surface area contributed by atoms with E-state index in [1.807, 2.05) is 6.07 Å². The van der Waals surface area contributed by atoms with Gasteiger partial charge in [-0.2, -0.15) is 4.31 Å². The fraction of sp³-hybridized carbons (Fsp3) is 0.143. The average molecular weight is 464 g/mol. The topological polar surface area (TPSA) is 79.4 Å². The molecule has 30 heavy (non-hydrogen) atoms. The van der Waals surface area contributed by atoms with E-state index in [1.54, 1.807) is 42.5 Å². The monoisotopic (exact) mass is 463 g/mol. The summed E-state index contributed by atoms with van der Waals surface area (Å²) in [6.45, 7) is -0.154. The highest BCUT2D eigenvalue weighted by atomic mass is 35.5. The van der Waals surface area contributed by atoms with Gasteiger partial charge in [0.05, 0.1) is 6.54 Å². The van der Waals surface area contributed by atoms with E-state index in [1.165, 1.54) is 24.5 Å². The van der Waals surface area contributed by atoms with Gasteiger partial charge in [0.15, 0.2) is 0 Å². The lowest BCUT2D eigenvalue weighted by atomic mass is 10.2. The van der Waals surface area contributed by atoms with E-state index >= 15 is 0 Å². The number of pyridine rings is 1. The molecule has 0 atom stereocenters. The number of hydrogen-bond donors (Lipinski definition) is 1. The van der Waals surface area contributed by atoms with Crippen molar-refractivity contribution in [3.63, 3.8) is 0 Å². The van der Waals surface area contributed by atoms with E-state index in [9.17, 15) is 13.2 Å². The largest absolute Gasteiger partial charge is 0.351 e. The van der Waals surface area contributed by atoms with E-state index in [-0.39, 0.29) is 24.5 Å². The van der Waals surface area contributed by atoms with E-state index in [2.05, 4.69) is 10.3 Å². The number of aromatic nitrogens is 1. The second kappa shape index (κ2) is 10.0. The summed E-state index contributed by atoms with van der Waals surface area (Å²) in [6, 6.07) is 16.9. The number of benzene rings is 2. The minimum atomic E-state index is -3.94. The van der Waals surface area contributed by atoms with Crippen molar-refractivity contribution in [2.24, 2.45) is 0 Å². The molecule has 9 heteroatoms. The Bertz CT molecular complexity index is 1110. The molecule has 6 nitrogen and oxygen atoms in total. The van der Waals surface area contributed by atoms with E-state index in [0.717, 1.165) is 9.87 Å². The van der Waals surface area contributed by atoms with Crippen LogP contribution in [-0.2, 0) is 27.9 Å². The number of rotatable bonds is 8. The zero-order valence-corrected chi connectivity index (χ0v) is 18.2. The van der Waals surface area contributed by atoms with Crippen LogP contribution in [0.1, 0.15) is 11.1 Å². The quantitative estimate of drug-likeness (QED) is 0.549. The van der Waals surface area contributed by atoms with Gasteiger partial charge in [0.1, 0.15) is 4.90 Å². The molecule has 1 amide bonds. The van der Waals surface area contributed by atoms with E-state index in [4.69, 9.17) is 23.2 Å². The van der Waals surface area contributed by atoms with Crippen molar-refractivity contribution in [2.45, 2.75) is 18.0 Å². The molecular formula is C21H19Cl2N3O3S. The molecule has 0 bridgehead atoms. The van der Waals surface area contributed by atoms with Crippen molar-refractivity contribution < 1.29 is 13.2 Å². The van der Waals surface area contributed by atoms with Gasteiger partial charge in [-0.25, -0.2) is 8.42 Å². The number of nitrogens with zero attached hydrogens (tertiary/aromatic N) is 2. The van der Waals surface area contributed by atoms with Gasteiger partial charge in [-0.15, -0.1) is 0 Å². The standard InChI is InChI=1S/C21H19Cl2N3O3S/c22-18-9-7-16(8-10-18)14-26(30(28,29)19-5-3-11-24-13-19)15-21(27)25-12-17-4-1-2-6-20(17)23/h1-11,13H,12,14-15H2,(H,25,27). The average Bonchev–Trinajstić information content (AvgIpc) is 2.75. The Morgan fingerprint density at radius 3 is 2.40 bits per heavy atom. The smallest absolute Gasteiger partial charge is 0.245 e. The van der Waals surface area contributed by atoms with Gasteiger partial charge in [-0.05, 0) is 41.5 Å². The summed E-state index contributed by atoms with van der Waals surface area (Å²) in [7, 11) is -3.94. The van der Waals surface area contributed by atoms with Crippen molar-refractivity contribution in [1.82, 2.24) is 14.6 Å². The van der Waals surface area contributed by atoms with E-state index in [0.29, 0.717) is 15.6 Å². The molecule has 0 aliphatic heterocycles. The first-order chi connectivity index (χ1) is 14.4. The zero-order valence-electron chi connectivity index (χ0n) is 15.8. The van der Waals surface area contributed by atoms with Crippen LogP contribution in [0.2, 0.25) is 10.0 Å². The second-order valence-electron chi connectivity index (χ2n) is 6.46. The Labute approximate surface area is 185 Å². The molecule has 0 unspecified atom stereocenters. The minimum absolute atomic E-state index is 0.00785. The van der Waals surface area contributed by atoms with Crippen LogP contribution in [0.5, 0.6) is 0 Å². The van der Waals surface area contributed by atoms with Crippen LogP contribution in [0.4, 0.5) is 0 Å². The predicted molar refractivity (Wildman–Crippen MR) is 117 cm³/mol.